The van der Waals surface area contributed by atoms with E-state index in [9.17, 15) is 25.5 Å². The lowest BCUT2D eigenvalue weighted by molar-refractivity contribution is -0.132. The minimum absolute atomic E-state index is 0.00246. The first-order valence-corrected chi connectivity index (χ1v) is 22.1. The number of hydrogen-bond acceptors (Lipinski definition) is 11. The van der Waals surface area contributed by atoms with Crippen molar-refractivity contribution in [2.24, 2.45) is 11.8 Å². The van der Waals surface area contributed by atoms with Crippen LogP contribution in [0.25, 0.3) is 16.8 Å². The van der Waals surface area contributed by atoms with Crippen molar-refractivity contribution in [2.45, 2.75) is 74.2 Å². The number of nitrogens with zero attached hydrogens (tertiary/aromatic N) is 1. The van der Waals surface area contributed by atoms with Crippen LogP contribution in [0, 0.1) is 11.8 Å². The second-order valence-electron chi connectivity index (χ2n) is 18.0. The van der Waals surface area contributed by atoms with E-state index >= 15 is 4.79 Å². The Morgan fingerprint density at radius 2 is 1.80 bits per heavy atom. The molecule has 12 heteroatoms. The number of aromatic nitrogens is 2. The molecule has 2 aliphatic carbocycles. The van der Waals surface area contributed by atoms with Gasteiger partial charge in [0.25, 0.3) is 0 Å². The van der Waals surface area contributed by atoms with E-state index in [0.717, 1.165) is 57.2 Å². The predicted octanol–water partition coefficient (Wildman–Crippen LogP) is 8.67. The average Bonchev–Trinajstić information content (AvgIpc) is 3.96. The number of methoxy groups -OCH3 is 2. The molecule has 0 radical (unpaired) electrons. The van der Waals surface area contributed by atoms with Gasteiger partial charge in [0.15, 0.2) is 23.0 Å². The molecule has 6 aromatic rings. The molecule has 64 heavy (non-hydrogen) atoms. The molecular weight excluding hydrogens is 809 g/mol. The molecular formula is C52H56N4O8. The van der Waals surface area contributed by atoms with Crippen molar-refractivity contribution in [2.75, 3.05) is 33.1 Å². The number of likely N-dealkylation sites (N-methyl/N-ethyl adjacent to an activating group) is 1. The van der Waals surface area contributed by atoms with Gasteiger partial charge in [-0.15, -0.1) is 0 Å². The number of nitrogens with one attached hydrogen (secondary N) is 3. The van der Waals surface area contributed by atoms with Gasteiger partial charge in [0.05, 0.1) is 26.2 Å². The first-order chi connectivity index (χ1) is 31.0. The Balaban J connectivity index is 1.28. The van der Waals surface area contributed by atoms with Crippen LogP contribution in [0.5, 0.6) is 34.5 Å². The highest BCUT2D eigenvalue weighted by molar-refractivity contribution is 6.01. The Labute approximate surface area is 372 Å². The molecule has 4 aromatic carbocycles. The highest BCUT2D eigenvalue weighted by atomic mass is 16.5. The van der Waals surface area contributed by atoms with Crippen molar-refractivity contribution in [1.82, 2.24) is 15.3 Å². The molecule has 0 saturated heterocycles. The molecule has 9 rings (SSSR count). The Morgan fingerprint density at radius 1 is 0.953 bits per heavy atom. The number of fused-ring (bicyclic) bond motifs is 3. The number of phenols is 4. The third-order valence-corrected chi connectivity index (χ3v) is 14.4. The van der Waals surface area contributed by atoms with Crippen molar-refractivity contribution in [3.05, 3.63) is 131 Å². The molecule has 1 spiro atoms. The summed E-state index contributed by atoms with van der Waals surface area (Å²) in [5.74, 6) is -1.15. The first kappa shape index (κ1) is 42.8. The number of aromatic amines is 1. The fourth-order valence-electron chi connectivity index (χ4n) is 11.6. The Bertz CT molecular complexity index is 2730. The number of ether oxygens (including phenoxy) is 2. The molecule has 332 valence electrons. The summed E-state index contributed by atoms with van der Waals surface area (Å²) in [5.41, 5.74) is 4.47. The number of aryl methyl sites for hydroxylation is 1. The maximum Gasteiger partial charge on any atom is 0.200 e. The van der Waals surface area contributed by atoms with Crippen LogP contribution >= 0.6 is 0 Å². The van der Waals surface area contributed by atoms with Crippen LogP contribution in [-0.4, -0.2) is 75.2 Å². The normalized spacial score (nSPS) is 23.2. The summed E-state index contributed by atoms with van der Waals surface area (Å²) in [7, 11) is 4.82. The minimum Gasteiger partial charge on any atom is -0.508 e. The molecule has 3 heterocycles. The van der Waals surface area contributed by atoms with Crippen molar-refractivity contribution in [1.29, 1.82) is 0 Å². The number of carbonyl (C=O) groups excluding carboxylic acids is 1. The molecule has 6 atom stereocenters. The first-order valence-electron chi connectivity index (χ1n) is 22.1. The van der Waals surface area contributed by atoms with Crippen LogP contribution in [0.2, 0.25) is 0 Å². The van der Waals surface area contributed by atoms with Gasteiger partial charge in [-0.2, -0.15) is 0 Å². The lowest BCUT2D eigenvalue weighted by atomic mass is 9.58. The molecule has 6 unspecified atom stereocenters. The van der Waals surface area contributed by atoms with Gasteiger partial charge in [-0.25, -0.2) is 4.98 Å². The monoisotopic (exact) mass is 864 g/mol. The summed E-state index contributed by atoms with van der Waals surface area (Å²) in [4.78, 5) is 24.4. The average molecular weight is 865 g/mol. The SMILES string of the molecule is CNCC12C=Cc3cc(O)cc4ccc(c1c34)Nc1cc(ccn1)C1(CCCC1Cc1ccc[nH]1)C(C(O)CCc1ccc(O)c(OC)c1)C(=O)CC(c1cc(O)c(O)c(OC)c1)C2. The third-order valence-electron chi connectivity index (χ3n) is 14.4. The van der Waals surface area contributed by atoms with Crippen molar-refractivity contribution < 1.29 is 39.8 Å². The van der Waals surface area contributed by atoms with E-state index in [4.69, 9.17) is 14.5 Å². The summed E-state index contributed by atoms with van der Waals surface area (Å²) in [5, 5.41) is 65.2. The zero-order valence-corrected chi connectivity index (χ0v) is 36.4. The molecule has 3 aliphatic rings. The Morgan fingerprint density at radius 3 is 2.58 bits per heavy atom. The molecule has 12 nitrogen and oxygen atoms in total. The van der Waals surface area contributed by atoms with Gasteiger partial charge < -0.3 is 50.6 Å². The molecule has 1 aliphatic heterocycles. The maximum absolute atomic E-state index is 16.1. The van der Waals surface area contributed by atoms with Crippen LogP contribution in [0.4, 0.5) is 11.5 Å². The van der Waals surface area contributed by atoms with E-state index in [0.29, 0.717) is 49.4 Å². The number of rotatable bonds is 11. The lowest BCUT2D eigenvalue weighted by Crippen LogP contribution is -2.50. The number of ketones is 1. The molecule has 0 amide bonds. The van der Waals surface area contributed by atoms with Gasteiger partial charge in [-0.3, -0.25) is 4.79 Å². The van der Waals surface area contributed by atoms with Crippen LogP contribution in [0.3, 0.4) is 0 Å². The van der Waals surface area contributed by atoms with Gasteiger partial charge in [0.2, 0.25) is 5.75 Å². The largest absolute Gasteiger partial charge is 0.508 e. The summed E-state index contributed by atoms with van der Waals surface area (Å²) in [6, 6.07) is 24.1. The number of H-pyrrole nitrogens is 1. The maximum atomic E-state index is 16.1. The number of carbonyl (C=O) groups is 1. The second kappa shape index (κ2) is 17.2. The third kappa shape index (κ3) is 7.58. The number of aliphatic hydroxyl groups excluding tert-OH is 1. The van der Waals surface area contributed by atoms with Gasteiger partial charge in [-0.05, 0) is 163 Å². The summed E-state index contributed by atoms with van der Waals surface area (Å²) >= 11 is 0. The summed E-state index contributed by atoms with van der Waals surface area (Å²) < 4.78 is 11.0. The van der Waals surface area contributed by atoms with Crippen molar-refractivity contribution >= 4 is 34.1 Å². The molecule has 1 fully saturated rings. The summed E-state index contributed by atoms with van der Waals surface area (Å²) in [6.45, 7) is 0.460. The zero-order valence-electron chi connectivity index (χ0n) is 36.4. The number of aromatic hydroxyl groups is 4. The zero-order chi connectivity index (χ0) is 44.8. The summed E-state index contributed by atoms with van der Waals surface area (Å²) in [6.07, 6.45) is 10.8. The lowest BCUT2D eigenvalue weighted by Gasteiger charge is -2.45. The standard InChI is InChI=1S/C52H56N4O8/c1-53-29-51-17-14-32-22-38(57)21-31-10-11-39(48(51)47(31)32)56-46-27-36(15-19-55-46)52(16-4-6-35(52)26-37-7-5-18-54-37)49(41(59)13-9-30-8-12-40(58)44(20-30)63-2)42(60)24-34(28-51)33-23-43(61)50(62)45(25-33)64-3/h5,7-8,10-12,14-15,17-23,25,27,34-35,41,49,53-54,57-59,61-62H,4,6,9,13,16,24,26,28-29H2,1-3H3,(H,55,56). The van der Waals surface area contributed by atoms with E-state index in [1.165, 1.54) is 20.3 Å². The fraction of sp³-hybridized carbons (Fsp3) is 0.346. The van der Waals surface area contributed by atoms with Crippen LogP contribution < -0.4 is 20.1 Å². The van der Waals surface area contributed by atoms with Gasteiger partial charge in [0, 0.05) is 47.6 Å². The number of Topliss-reactive ketones (excluding diaryl/α,β-unsaturated/α-hetero) is 1. The number of benzene rings is 4. The van der Waals surface area contributed by atoms with E-state index < -0.39 is 34.5 Å². The highest BCUT2D eigenvalue weighted by Crippen LogP contribution is 2.56. The molecule has 1 saturated carbocycles. The number of pyridine rings is 1. The van der Waals surface area contributed by atoms with E-state index in [-0.39, 0.29) is 47.5 Å². The quantitative estimate of drug-likeness (QED) is 0.0582. The van der Waals surface area contributed by atoms with E-state index in [2.05, 4.69) is 33.8 Å². The number of hydrogen-bond donors (Lipinski definition) is 8. The highest BCUT2D eigenvalue weighted by Gasteiger charge is 2.55. The second-order valence-corrected chi connectivity index (χ2v) is 18.0. The number of anilines is 2. The van der Waals surface area contributed by atoms with Crippen LogP contribution in [-0.2, 0) is 28.5 Å². The van der Waals surface area contributed by atoms with Gasteiger partial charge >= 0.3 is 0 Å². The van der Waals surface area contributed by atoms with E-state index in [1.54, 1.807) is 36.5 Å². The fourth-order valence-corrected chi connectivity index (χ4v) is 11.6. The predicted molar refractivity (Wildman–Crippen MR) is 247 cm³/mol. The number of phenolic OH excluding ortho intramolecular Hbond substituents is 4. The van der Waals surface area contributed by atoms with Gasteiger partial charge in [0.1, 0.15) is 17.4 Å². The Hall–Kier alpha value is -6.50. The molecule has 2 bridgehead atoms. The van der Waals surface area contributed by atoms with E-state index in [1.807, 2.05) is 49.7 Å². The molecule has 2 aromatic heterocycles. The van der Waals surface area contributed by atoms with Gasteiger partial charge in [-0.1, -0.05) is 30.7 Å². The van der Waals surface area contributed by atoms with Crippen molar-refractivity contribution in [3.8, 4) is 34.5 Å². The van der Waals surface area contributed by atoms with Crippen molar-refractivity contribution in [3.63, 3.8) is 0 Å². The van der Waals surface area contributed by atoms with Crippen LogP contribution in [0.1, 0.15) is 78.0 Å². The smallest absolute Gasteiger partial charge is 0.200 e. The Kier molecular flexibility index (Phi) is 11.5. The number of aliphatic hydroxyl groups is 1. The molecule has 8 N–H and O–H groups in total. The minimum atomic E-state index is -1.09. The van der Waals surface area contributed by atoms with Crippen LogP contribution in [0.15, 0.2) is 97.3 Å². The topological polar surface area (TPSA) is 189 Å².